The molecule has 0 radical (unpaired) electrons. The van der Waals surface area contributed by atoms with E-state index in [9.17, 15) is 34.8 Å². The molecule has 6 unspecified atom stereocenters. The van der Waals surface area contributed by atoms with Gasteiger partial charge in [-0.15, -0.1) is 0 Å². The van der Waals surface area contributed by atoms with Crippen molar-refractivity contribution in [1.82, 2.24) is 4.90 Å². The van der Waals surface area contributed by atoms with Gasteiger partial charge in [-0.05, 0) is 44.1 Å². The van der Waals surface area contributed by atoms with E-state index in [4.69, 9.17) is 9.47 Å². The third-order valence-corrected chi connectivity index (χ3v) is 7.71. The van der Waals surface area contributed by atoms with E-state index in [1.165, 1.54) is 18.0 Å². The minimum Gasteiger partial charge on any atom is -0.442 e. The Hall–Kier alpha value is -2.89. The van der Waals surface area contributed by atoms with Crippen LogP contribution in [0.5, 0.6) is 0 Å². The number of ether oxygens (including phenoxy) is 2. The van der Waals surface area contributed by atoms with E-state index in [0.717, 1.165) is 25.7 Å². The predicted molar refractivity (Wildman–Crippen MR) is 140 cm³/mol. The standard InChI is InChI=1S/C29H37NO9/c1-4-6-7-8-9-11-20(32)22-19-13-16-12-17(10-5-2)30(14-18(16)26(36)29(19,3)39-28(22)37)27-25(35)24(34)23(33)21(15-31)38-27/h5,10,12-14,21,23-25,27,31,33-35H,4,6-9,11,15H2,1-3H3. The van der Waals surface area contributed by atoms with Crippen molar-refractivity contribution in [1.29, 1.82) is 0 Å². The second-order valence-corrected chi connectivity index (χ2v) is 10.5. The first-order valence-electron chi connectivity index (χ1n) is 13.5. The highest BCUT2D eigenvalue weighted by molar-refractivity contribution is 6.24. The third kappa shape index (κ3) is 5.19. The summed E-state index contributed by atoms with van der Waals surface area (Å²) in [4.78, 5) is 41.2. The second kappa shape index (κ2) is 11.7. The second-order valence-electron chi connectivity index (χ2n) is 10.5. The summed E-state index contributed by atoms with van der Waals surface area (Å²) in [6, 6.07) is 0. The van der Waals surface area contributed by atoms with Crippen LogP contribution in [0.3, 0.4) is 0 Å². The zero-order valence-electron chi connectivity index (χ0n) is 22.5. The number of carbonyl (C=O) groups excluding carboxylic acids is 3. The highest BCUT2D eigenvalue weighted by atomic mass is 16.6. The molecular formula is C29H37NO9. The maximum absolute atomic E-state index is 13.8. The number of Topliss-reactive ketones (excluding diaryl/α,β-unsaturated/α-hetero) is 2. The van der Waals surface area contributed by atoms with Crippen LogP contribution in [0.25, 0.3) is 0 Å². The summed E-state index contributed by atoms with van der Waals surface area (Å²) in [5.41, 5.74) is -0.457. The van der Waals surface area contributed by atoms with Crippen LogP contribution in [0.1, 0.15) is 59.3 Å². The highest BCUT2D eigenvalue weighted by Gasteiger charge is 2.55. The molecule has 0 spiro atoms. The molecule has 3 aliphatic heterocycles. The number of aliphatic hydroxyl groups is 4. The molecule has 0 bridgehead atoms. The fraction of sp³-hybridized carbons (Fsp3) is 0.552. The lowest BCUT2D eigenvalue weighted by Crippen LogP contribution is -2.62. The Morgan fingerprint density at radius 2 is 1.79 bits per heavy atom. The Morgan fingerprint density at radius 3 is 2.46 bits per heavy atom. The molecule has 0 amide bonds. The van der Waals surface area contributed by atoms with E-state index < -0.39 is 54.6 Å². The number of rotatable bonds is 10. The average molecular weight is 544 g/mol. The normalized spacial score (nSPS) is 32.5. The van der Waals surface area contributed by atoms with E-state index in [1.807, 2.05) is 0 Å². The van der Waals surface area contributed by atoms with Crippen molar-refractivity contribution >= 4 is 17.5 Å². The molecule has 212 valence electrons. The number of allylic oxidation sites excluding steroid dienone is 4. The van der Waals surface area contributed by atoms with Gasteiger partial charge in [0.1, 0.15) is 30.0 Å². The largest absolute Gasteiger partial charge is 0.442 e. The SMILES string of the molecule is CC=CC1=CC2=CC3=C(C(=O)CCCCCCC)C(=O)OC3(C)C(=O)C2=CN1C1OC(CO)C(O)C(O)C1O. The van der Waals surface area contributed by atoms with Crippen molar-refractivity contribution < 1.29 is 44.3 Å². The summed E-state index contributed by atoms with van der Waals surface area (Å²) in [5.74, 6) is -1.71. The number of hydrogen-bond acceptors (Lipinski definition) is 10. The molecule has 1 aliphatic carbocycles. The van der Waals surface area contributed by atoms with Crippen LogP contribution in [0, 0.1) is 0 Å². The Bertz CT molecular complexity index is 1180. The molecule has 0 aromatic carbocycles. The first-order valence-corrected chi connectivity index (χ1v) is 13.5. The quantitative estimate of drug-likeness (QED) is 0.181. The van der Waals surface area contributed by atoms with Gasteiger partial charge in [0.15, 0.2) is 17.6 Å². The van der Waals surface area contributed by atoms with Gasteiger partial charge in [0.2, 0.25) is 5.78 Å². The first-order chi connectivity index (χ1) is 18.6. The first kappa shape index (κ1) is 29.1. The third-order valence-electron chi connectivity index (χ3n) is 7.71. The van der Waals surface area contributed by atoms with Gasteiger partial charge < -0.3 is 34.8 Å². The van der Waals surface area contributed by atoms with Crippen molar-refractivity contribution in [2.45, 2.75) is 95.5 Å². The minimum absolute atomic E-state index is 0.0924. The Balaban J connectivity index is 1.71. The van der Waals surface area contributed by atoms with Crippen LogP contribution in [0.2, 0.25) is 0 Å². The van der Waals surface area contributed by atoms with E-state index >= 15 is 0 Å². The summed E-state index contributed by atoms with van der Waals surface area (Å²) in [7, 11) is 0. The van der Waals surface area contributed by atoms with Gasteiger partial charge in [-0.3, -0.25) is 9.59 Å². The van der Waals surface area contributed by atoms with E-state index in [-0.39, 0.29) is 28.9 Å². The average Bonchev–Trinajstić information content (AvgIpc) is 3.18. The van der Waals surface area contributed by atoms with Crippen molar-refractivity contribution in [3.8, 4) is 0 Å². The lowest BCUT2D eigenvalue weighted by atomic mass is 9.76. The monoisotopic (exact) mass is 543 g/mol. The summed E-state index contributed by atoms with van der Waals surface area (Å²) < 4.78 is 11.3. The van der Waals surface area contributed by atoms with E-state index in [1.54, 1.807) is 31.2 Å². The van der Waals surface area contributed by atoms with Crippen LogP contribution in [0.4, 0.5) is 0 Å². The fourth-order valence-electron chi connectivity index (χ4n) is 5.46. The molecule has 4 rings (SSSR count). The number of carbonyl (C=O) groups is 3. The molecule has 4 N–H and O–H groups in total. The van der Waals surface area contributed by atoms with Gasteiger partial charge in [-0.2, -0.15) is 0 Å². The molecule has 0 aromatic heterocycles. The van der Waals surface area contributed by atoms with Gasteiger partial charge in [-0.25, -0.2) is 4.79 Å². The highest BCUT2D eigenvalue weighted by Crippen LogP contribution is 2.45. The zero-order valence-corrected chi connectivity index (χ0v) is 22.5. The number of esters is 1. The van der Waals surface area contributed by atoms with Gasteiger partial charge in [0.25, 0.3) is 0 Å². The van der Waals surface area contributed by atoms with Crippen LogP contribution in [0.15, 0.2) is 58.5 Å². The van der Waals surface area contributed by atoms with Crippen LogP contribution < -0.4 is 0 Å². The smallest absolute Gasteiger partial charge is 0.343 e. The number of ketones is 2. The minimum atomic E-state index is -1.69. The molecule has 1 saturated heterocycles. The van der Waals surface area contributed by atoms with Gasteiger partial charge in [0.05, 0.1) is 6.61 Å². The number of aliphatic hydroxyl groups excluding tert-OH is 4. The fourth-order valence-corrected chi connectivity index (χ4v) is 5.46. The molecular weight excluding hydrogens is 506 g/mol. The number of fused-ring (bicyclic) bond motifs is 2. The molecule has 0 aromatic rings. The van der Waals surface area contributed by atoms with Crippen molar-refractivity contribution in [3.63, 3.8) is 0 Å². The zero-order chi connectivity index (χ0) is 28.5. The predicted octanol–water partition coefficient (Wildman–Crippen LogP) is 1.50. The summed E-state index contributed by atoms with van der Waals surface area (Å²) >= 11 is 0. The molecule has 6 atom stereocenters. The Morgan fingerprint density at radius 1 is 1.08 bits per heavy atom. The van der Waals surface area contributed by atoms with Gasteiger partial charge in [0, 0.05) is 29.5 Å². The summed E-state index contributed by atoms with van der Waals surface area (Å²) in [5, 5.41) is 40.9. The summed E-state index contributed by atoms with van der Waals surface area (Å²) in [6.07, 6.45) is 5.91. The van der Waals surface area contributed by atoms with Crippen LogP contribution >= 0.6 is 0 Å². The number of nitrogens with zero attached hydrogens (tertiary/aromatic N) is 1. The molecule has 0 saturated carbocycles. The lowest BCUT2D eigenvalue weighted by Gasteiger charge is -2.46. The van der Waals surface area contributed by atoms with Crippen molar-refractivity contribution in [2.75, 3.05) is 6.61 Å². The lowest BCUT2D eigenvalue weighted by molar-refractivity contribution is -0.254. The molecule has 10 nitrogen and oxygen atoms in total. The van der Waals surface area contributed by atoms with E-state index in [2.05, 4.69) is 6.92 Å². The van der Waals surface area contributed by atoms with E-state index in [0.29, 0.717) is 17.7 Å². The number of unbranched alkanes of at least 4 members (excludes halogenated alkanes) is 4. The number of hydrogen-bond donors (Lipinski definition) is 4. The van der Waals surface area contributed by atoms with Crippen molar-refractivity contribution in [3.05, 3.63) is 58.5 Å². The van der Waals surface area contributed by atoms with Crippen LogP contribution in [-0.4, -0.2) is 85.7 Å². The Labute approximate surface area is 227 Å². The van der Waals surface area contributed by atoms with Crippen LogP contribution in [-0.2, 0) is 23.9 Å². The maximum Gasteiger partial charge on any atom is 0.343 e. The van der Waals surface area contributed by atoms with Gasteiger partial charge in [-0.1, -0.05) is 38.7 Å². The Kier molecular flexibility index (Phi) is 8.72. The molecule has 1 fully saturated rings. The maximum atomic E-state index is 13.8. The molecule has 3 heterocycles. The molecule has 39 heavy (non-hydrogen) atoms. The molecule has 10 heteroatoms. The van der Waals surface area contributed by atoms with Gasteiger partial charge >= 0.3 is 5.97 Å². The molecule has 4 aliphatic rings. The topological polar surface area (TPSA) is 154 Å². The van der Waals surface area contributed by atoms with Crippen molar-refractivity contribution in [2.24, 2.45) is 0 Å². The summed E-state index contributed by atoms with van der Waals surface area (Å²) in [6.45, 7) is 4.73.